The molecule has 0 spiro atoms. The van der Waals surface area contributed by atoms with Gasteiger partial charge >= 0.3 is 0 Å². The first-order valence-corrected chi connectivity index (χ1v) is 9.84. The van der Waals surface area contributed by atoms with Gasteiger partial charge in [0.1, 0.15) is 17.3 Å². The number of aliphatic imine (C=N–C) groups is 1. The molecule has 1 saturated heterocycles. The van der Waals surface area contributed by atoms with E-state index in [1.807, 2.05) is 13.0 Å². The van der Waals surface area contributed by atoms with Crippen LogP contribution in [0, 0.1) is 12.7 Å². The SMILES string of the molecule is CN=C(NCc1cc(OC)ccc1O)NC1CCCN(c2ccc(F)cc2C)C1.I. The highest BCUT2D eigenvalue weighted by Crippen LogP contribution is 2.25. The van der Waals surface area contributed by atoms with Crippen LogP contribution < -0.4 is 20.3 Å². The number of guanidine groups is 1. The number of hydrogen-bond donors (Lipinski definition) is 3. The Morgan fingerprint density at radius 2 is 2.10 bits per heavy atom. The fraction of sp³-hybridized carbons (Fsp3) is 0.409. The maximum absolute atomic E-state index is 13.4. The third kappa shape index (κ3) is 6.13. The smallest absolute Gasteiger partial charge is 0.191 e. The Morgan fingerprint density at radius 1 is 1.30 bits per heavy atom. The van der Waals surface area contributed by atoms with E-state index in [0.717, 1.165) is 42.7 Å². The number of nitrogens with one attached hydrogen (secondary N) is 2. The van der Waals surface area contributed by atoms with Crippen LogP contribution in [0.3, 0.4) is 0 Å². The molecular weight excluding hydrogens is 498 g/mol. The Morgan fingerprint density at radius 3 is 2.80 bits per heavy atom. The van der Waals surface area contributed by atoms with Crippen molar-refractivity contribution >= 4 is 35.6 Å². The number of phenols is 1. The lowest BCUT2D eigenvalue weighted by molar-refractivity contribution is 0.410. The molecule has 2 aromatic carbocycles. The van der Waals surface area contributed by atoms with Crippen LogP contribution in [0.2, 0.25) is 0 Å². The molecule has 0 aromatic heterocycles. The minimum atomic E-state index is -0.205. The quantitative estimate of drug-likeness (QED) is 0.313. The second-order valence-electron chi connectivity index (χ2n) is 7.28. The molecule has 3 N–H and O–H groups in total. The molecule has 6 nitrogen and oxygen atoms in total. The molecule has 0 radical (unpaired) electrons. The summed E-state index contributed by atoms with van der Waals surface area (Å²) in [6.07, 6.45) is 2.07. The summed E-state index contributed by atoms with van der Waals surface area (Å²) in [7, 11) is 3.33. The van der Waals surface area contributed by atoms with Gasteiger partial charge in [-0.3, -0.25) is 4.99 Å². The van der Waals surface area contributed by atoms with Gasteiger partial charge in [-0.15, -0.1) is 24.0 Å². The van der Waals surface area contributed by atoms with Crippen LogP contribution in [0.1, 0.15) is 24.0 Å². The lowest BCUT2D eigenvalue weighted by Crippen LogP contribution is -2.51. The van der Waals surface area contributed by atoms with Gasteiger partial charge in [0.25, 0.3) is 0 Å². The third-order valence-electron chi connectivity index (χ3n) is 5.22. The number of hydrogen-bond acceptors (Lipinski definition) is 4. The Labute approximate surface area is 194 Å². The zero-order valence-corrected chi connectivity index (χ0v) is 19.9. The van der Waals surface area contributed by atoms with Crippen LogP contribution in [0.4, 0.5) is 10.1 Å². The van der Waals surface area contributed by atoms with Crippen LogP contribution in [0.15, 0.2) is 41.4 Å². The number of aryl methyl sites for hydroxylation is 1. The monoisotopic (exact) mass is 528 g/mol. The summed E-state index contributed by atoms with van der Waals surface area (Å²) < 4.78 is 18.7. The minimum Gasteiger partial charge on any atom is -0.508 e. The first-order chi connectivity index (χ1) is 14.0. The molecular formula is C22H30FIN4O2. The van der Waals surface area contributed by atoms with Gasteiger partial charge in [0.2, 0.25) is 0 Å². The molecule has 0 saturated carbocycles. The van der Waals surface area contributed by atoms with Crippen molar-refractivity contribution in [3.8, 4) is 11.5 Å². The number of nitrogens with zero attached hydrogens (tertiary/aromatic N) is 2. The van der Waals surface area contributed by atoms with Gasteiger partial charge in [0, 0.05) is 44.0 Å². The Kier molecular flexibility index (Phi) is 9.01. The first kappa shape index (κ1) is 24.0. The number of halogens is 2. The number of ether oxygens (including phenoxy) is 1. The normalized spacial score (nSPS) is 16.6. The van der Waals surface area contributed by atoms with E-state index in [-0.39, 0.29) is 41.6 Å². The van der Waals surface area contributed by atoms with E-state index in [1.165, 1.54) is 6.07 Å². The minimum absolute atomic E-state index is 0. The molecule has 1 heterocycles. The van der Waals surface area contributed by atoms with Crippen molar-refractivity contribution in [2.24, 2.45) is 4.99 Å². The fourth-order valence-corrected chi connectivity index (χ4v) is 3.68. The molecule has 0 bridgehead atoms. The number of aromatic hydroxyl groups is 1. The largest absolute Gasteiger partial charge is 0.508 e. The van der Waals surface area contributed by atoms with Crippen molar-refractivity contribution in [1.82, 2.24) is 10.6 Å². The van der Waals surface area contributed by atoms with Gasteiger partial charge in [-0.2, -0.15) is 0 Å². The lowest BCUT2D eigenvalue weighted by Gasteiger charge is -2.36. The highest BCUT2D eigenvalue weighted by molar-refractivity contribution is 14.0. The molecule has 1 atom stereocenters. The number of methoxy groups -OCH3 is 1. The van der Waals surface area contributed by atoms with Gasteiger partial charge < -0.3 is 25.4 Å². The summed E-state index contributed by atoms with van der Waals surface area (Å²) in [6, 6.07) is 10.3. The Bertz CT molecular complexity index is 878. The highest BCUT2D eigenvalue weighted by Gasteiger charge is 2.22. The molecule has 164 valence electrons. The van der Waals surface area contributed by atoms with E-state index in [2.05, 4.69) is 20.5 Å². The van der Waals surface area contributed by atoms with Crippen molar-refractivity contribution in [3.63, 3.8) is 0 Å². The van der Waals surface area contributed by atoms with Crippen LogP contribution in [0.25, 0.3) is 0 Å². The summed E-state index contributed by atoms with van der Waals surface area (Å²) in [5.74, 6) is 1.38. The van der Waals surface area contributed by atoms with Crippen LogP contribution in [-0.4, -0.2) is 44.4 Å². The van der Waals surface area contributed by atoms with Crippen molar-refractivity contribution in [2.45, 2.75) is 32.4 Å². The number of anilines is 1. The molecule has 1 aliphatic heterocycles. The average Bonchev–Trinajstić information content (AvgIpc) is 2.72. The Balaban J connectivity index is 0.00000320. The highest BCUT2D eigenvalue weighted by atomic mass is 127. The van der Waals surface area contributed by atoms with Crippen molar-refractivity contribution in [3.05, 3.63) is 53.3 Å². The Hall–Kier alpha value is -2.23. The first-order valence-electron chi connectivity index (χ1n) is 9.84. The summed E-state index contributed by atoms with van der Waals surface area (Å²) in [5, 5.41) is 16.8. The number of benzene rings is 2. The van der Waals surface area contributed by atoms with Gasteiger partial charge in [-0.25, -0.2) is 4.39 Å². The van der Waals surface area contributed by atoms with E-state index < -0.39 is 0 Å². The van der Waals surface area contributed by atoms with Crippen LogP contribution >= 0.6 is 24.0 Å². The summed E-state index contributed by atoms with van der Waals surface area (Å²) in [4.78, 5) is 6.60. The van der Waals surface area contributed by atoms with E-state index in [0.29, 0.717) is 18.3 Å². The molecule has 1 aliphatic rings. The van der Waals surface area contributed by atoms with E-state index in [1.54, 1.807) is 38.4 Å². The second-order valence-corrected chi connectivity index (χ2v) is 7.28. The van der Waals surface area contributed by atoms with Crippen LogP contribution in [0.5, 0.6) is 11.5 Å². The van der Waals surface area contributed by atoms with Gasteiger partial charge in [-0.05, 0) is 61.7 Å². The number of piperidine rings is 1. The van der Waals surface area contributed by atoms with Crippen molar-refractivity contribution < 1.29 is 14.2 Å². The molecule has 1 unspecified atom stereocenters. The van der Waals surface area contributed by atoms with Gasteiger partial charge in [-0.1, -0.05) is 0 Å². The summed E-state index contributed by atoms with van der Waals surface area (Å²) in [5.41, 5.74) is 2.75. The molecule has 0 amide bonds. The van der Waals surface area contributed by atoms with Crippen molar-refractivity contribution in [1.29, 1.82) is 0 Å². The standard InChI is InChI=1S/C22H29FN4O2.HI/c1-15-11-17(23)6-8-20(15)27-10-4-5-18(14-27)26-22(24-2)25-13-16-12-19(29-3)7-9-21(16)28;/h6-9,11-12,18,28H,4-5,10,13-14H2,1-3H3,(H2,24,25,26);1H. The second kappa shape index (κ2) is 11.2. The van der Waals surface area contributed by atoms with Gasteiger partial charge in [0.15, 0.2) is 5.96 Å². The molecule has 2 aromatic rings. The van der Waals surface area contributed by atoms with E-state index in [4.69, 9.17) is 4.74 Å². The lowest BCUT2D eigenvalue weighted by atomic mass is 10.0. The molecule has 0 aliphatic carbocycles. The molecule has 30 heavy (non-hydrogen) atoms. The molecule has 1 fully saturated rings. The average molecular weight is 528 g/mol. The molecule has 8 heteroatoms. The van der Waals surface area contributed by atoms with Gasteiger partial charge in [0.05, 0.1) is 7.11 Å². The van der Waals surface area contributed by atoms with E-state index >= 15 is 0 Å². The third-order valence-corrected chi connectivity index (χ3v) is 5.22. The summed E-state index contributed by atoms with van der Waals surface area (Å²) in [6.45, 7) is 4.14. The van der Waals surface area contributed by atoms with Crippen LogP contribution in [-0.2, 0) is 6.54 Å². The maximum Gasteiger partial charge on any atom is 0.191 e. The number of phenolic OH excluding ortho intramolecular Hbond substituents is 1. The predicted octanol–water partition coefficient (Wildman–Crippen LogP) is 3.80. The van der Waals surface area contributed by atoms with Crippen molar-refractivity contribution in [2.75, 3.05) is 32.1 Å². The fourth-order valence-electron chi connectivity index (χ4n) is 3.68. The molecule has 3 rings (SSSR count). The zero-order chi connectivity index (χ0) is 20.8. The zero-order valence-electron chi connectivity index (χ0n) is 17.6. The predicted molar refractivity (Wildman–Crippen MR) is 130 cm³/mol. The summed E-state index contributed by atoms with van der Waals surface area (Å²) >= 11 is 0. The maximum atomic E-state index is 13.4. The number of rotatable bonds is 5. The van der Waals surface area contributed by atoms with E-state index in [9.17, 15) is 9.50 Å². The topological polar surface area (TPSA) is 69.1 Å².